The molecule has 8 nitrogen and oxygen atoms in total. The molecule has 3 rings (SSSR count). The number of hydrogen-bond acceptors (Lipinski definition) is 5. The molecule has 0 aliphatic rings. The topological polar surface area (TPSA) is 119 Å². The standard InChI is InChI=1S/C22H16N2O6/c25-21(16-8-2-1-3-9-16)23-18(22(26)27)14-15-7-6-10-17(13-15)30-20-12-5-4-11-19(20)24(28)29/h1-14H,(H,23,25)(H,26,27)/b18-14+. The molecule has 150 valence electrons. The van der Waals surface area contributed by atoms with Crippen LogP contribution in [0.4, 0.5) is 5.69 Å². The number of nitrogens with one attached hydrogen (secondary N) is 1. The Balaban J connectivity index is 1.84. The van der Waals surface area contributed by atoms with Gasteiger partial charge in [-0.2, -0.15) is 0 Å². The first-order chi connectivity index (χ1) is 14.4. The number of hydrogen-bond donors (Lipinski definition) is 2. The summed E-state index contributed by atoms with van der Waals surface area (Å²) < 4.78 is 5.60. The fourth-order valence-electron chi connectivity index (χ4n) is 2.59. The fourth-order valence-corrected chi connectivity index (χ4v) is 2.59. The molecule has 0 bridgehead atoms. The van der Waals surface area contributed by atoms with Crippen molar-refractivity contribution in [1.82, 2.24) is 5.32 Å². The van der Waals surface area contributed by atoms with Crippen LogP contribution in [0.2, 0.25) is 0 Å². The molecule has 2 N–H and O–H groups in total. The molecule has 0 heterocycles. The summed E-state index contributed by atoms with van der Waals surface area (Å²) in [4.78, 5) is 34.4. The summed E-state index contributed by atoms with van der Waals surface area (Å²) in [6.07, 6.45) is 1.27. The highest BCUT2D eigenvalue weighted by atomic mass is 16.6. The maximum absolute atomic E-state index is 12.3. The van der Waals surface area contributed by atoms with Crippen molar-refractivity contribution in [3.8, 4) is 11.5 Å². The number of nitro groups is 1. The second-order valence-corrected chi connectivity index (χ2v) is 6.08. The van der Waals surface area contributed by atoms with Crippen molar-refractivity contribution in [1.29, 1.82) is 0 Å². The van der Waals surface area contributed by atoms with Gasteiger partial charge in [0.1, 0.15) is 11.4 Å². The lowest BCUT2D eigenvalue weighted by Crippen LogP contribution is -2.27. The van der Waals surface area contributed by atoms with E-state index in [4.69, 9.17) is 4.74 Å². The van der Waals surface area contributed by atoms with Crippen molar-refractivity contribution >= 4 is 23.6 Å². The molecule has 1 amide bonds. The Kier molecular flexibility index (Phi) is 6.19. The molecule has 0 radical (unpaired) electrons. The molecule has 0 saturated heterocycles. The monoisotopic (exact) mass is 404 g/mol. The molecular weight excluding hydrogens is 388 g/mol. The molecule has 0 aliphatic carbocycles. The van der Waals surface area contributed by atoms with Crippen molar-refractivity contribution in [2.75, 3.05) is 0 Å². The number of carboxylic acids is 1. The number of aliphatic carboxylic acids is 1. The molecular formula is C22H16N2O6. The van der Waals surface area contributed by atoms with Crippen LogP contribution in [0.15, 0.2) is 84.6 Å². The molecule has 3 aromatic carbocycles. The summed E-state index contributed by atoms with van der Waals surface area (Å²) in [6, 6.07) is 20.4. The number of carbonyl (C=O) groups excluding carboxylic acids is 1. The normalized spacial score (nSPS) is 10.9. The van der Waals surface area contributed by atoms with Crippen LogP contribution in [0, 0.1) is 10.1 Å². The highest BCUT2D eigenvalue weighted by molar-refractivity contribution is 6.02. The van der Waals surface area contributed by atoms with Crippen LogP contribution in [-0.2, 0) is 4.79 Å². The molecule has 3 aromatic rings. The average Bonchev–Trinajstić information content (AvgIpc) is 2.74. The van der Waals surface area contributed by atoms with Crippen LogP contribution in [0.3, 0.4) is 0 Å². The summed E-state index contributed by atoms with van der Waals surface area (Å²) in [7, 11) is 0. The van der Waals surface area contributed by atoms with Crippen LogP contribution in [0.5, 0.6) is 11.5 Å². The number of carboxylic acid groups (broad SMARTS) is 1. The largest absolute Gasteiger partial charge is 0.477 e. The quantitative estimate of drug-likeness (QED) is 0.345. The van der Waals surface area contributed by atoms with E-state index in [9.17, 15) is 24.8 Å². The Morgan fingerprint density at radius 2 is 1.67 bits per heavy atom. The molecule has 0 fully saturated rings. The van der Waals surface area contributed by atoms with Crippen LogP contribution >= 0.6 is 0 Å². The van der Waals surface area contributed by atoms with Gasteiger partial charge in [0.25, 0.3) is 5.91 Å². The number of ether oxygens (including phenoxy) is 1. The number of nitrogens with zero attached hydrogens (tertiary/aromatic N) is 1. The summed E-state index contributed by atoms with van der Waals surface area (Å²) >= 11 is 0. The molecule has 0 spiro atoms. The first kappa shape index (κ1) is 20.3. The number of benzene rings is 3. The first-order valence-electron chi connectivity index (χ1n) is 8.77. The number of carbonyl (C=O) groups is 2. The Labute approximate surface area is 171 Å². The van der Waals surface area contributed by atoms with Gasteiger partial charge in [-0.05, 0) is 42.0 Å². The van der Waals surface area contributed by atoms with Gasteiger partial charge in [-0.25, -0.2) is 4.79 Å². The first-order valence-corrected chi connectivity index (χ1v) is 8.77. The van der Waals surface area contributed by atoms with Crippen molar-refractivity contribution in [3.63, 3.8) is 0 Å². The Morgan fingerprint density at radius 3 is 2.37 bits per heavy atom. The summed E-state index contributed by atoms with van der Waals surface area (Å²) in [6.45, 7) is 0. The van der Waals surface area contributed by atoms with Crippen molar-refractivity contribution in [2.24, 2.45) is 0 Å². The zero-order valence-electron chi connectivity index (χ0n) is 15.5. The molecule has 30 heavy (non-hydrogen) atoms. The second-order valence-electron chi connectivity index (χ2n) is 6.08. The van der Waals surface area contributed by atoms with Gasteiger partial charge in [0.05, 0.1) is 4.92 Å². The van der Waals surface area contributed by atoms with Gasteiger partial charge in [0, 0.05) is 11.6 Å². The van der Waals surface area contributed by atoms with E-state index in [0.29, 0.717) is 11.1 Å². The predicted octanol–water partition coefficient (Wildman–Crippen LogP) is 4.24. The lowest BCUT2D eigenvalue weighted by atomic mass is 10.1. The molecule has 0 aliphatic heterocycles. The Morgan fingerprint density at radius 1 is 0.967 bits per heavy atom. The smallest absolute Gasteiger partial charge is 0.352 e. The molecule has 0 atom stereocenters. The van der Waals surface area contributed by atoms with E-state index in [1.54, 1.807) is 54.6 Å². The van der Waals surface area contributed by atoms with E-state index in [1.807, 2.05) is 0 Å². The summed E-state index contributed by atoms with van der Waals surface area (Å²) in [5.74, 6) is -1.54. The van der Waals surface area contributed by atoms with Crippen molar-refractivity contribution < 1.29 is 24.4 Å². The number of rotatable bonds is 7. The van der Waals surface area contributed by atoms with E-state index >= 15 is 0 Å². The maximum Gasteiger partial charge on any atom is 0.352 e. The van der Waals surface area contributed by atoms with E-state index in [-0.39, 0.29) is 22.9 Å². The maximum atomic E-state index is 12.3. The van der Waals surface area contributed by atoms with Gasteiger partial charge in [0.2, 0.25) is 5.75 Å². The third kappa shape index (κ3) is 5.08. The van der Waals surface area contributed by atoms with Gasteiger partial charge in [-0.3, -0.25) is 14.9 Å². The van der Waals surface area contributed by atoms with Crippen LogP contribution in [-0.4, -0.2) is 21.9 Å². The third-order valence-electron chi connectivity index (χ3n) is 3.97. The van der Waals surface area contributed by atoms with E-state index in [0.717, 1.165) is 0 Å². The second kappa shape index (κ2) is 9.16. The molecule has 8 heteroatoms. The number of para-hydroxylation sites is 2. The van der Waals surface area contributed by atoms with Gasteiger partial charge < -0.3 is 15.2 Å². The highest BCUT2D eigenvalue weighted by Gasteiger charge is 2.15. The van der Waals surface area contributed by atoms with Crippen LogP contribution in [0.1, 0.15) is 15.9 Å². The van der Waals surface area contributed by atoms with Gasteiger partial charge in [-0.15, -0.1) is 0 Å². The minimum absolute atomic E-state index is 0.0551. The number of amides is 1. The average molecular weight is 404 g/mol. The van der Waals surface area contributed by atoms with E-state index in [1.165, 1.54) is 30.3 Å². The summed E-state index contributed by atoms with van der Waals surface area (Å²) in [5.41, 5.74) is 0.224. The molecule has 0 saturated carbocycles. The van der Waals surface area contributed by atoms with Gasteiger partial charge in [0.15, 0.2) is 0 Å². The van der Waals surface area contributed by atoms with Gasteiger partial charge in [-0.1, -0.05) is 42.5 Å². The Bertz CT molecular complexity index is 1130. The lowest BCUT2D eigenvalue weighted by Gasteiger charge is -2.08. The zero-order chi connectivity index (χ0) is 21.5. The predicted molar refractivity (Wildman–Crippen MR) is 109 cm³/mol. The molecule has 0 aromatic heterocycles. The number of nitro benzene ring substituents is 1. The van der Waals surface area contributed by atoms with E-state index in [2.05, 4.69) is 5.32 Å². The van der Waals surface area contributed by atoms with Gasteiger partial charge >= 0.3 is 11.7 Å². The van der Waals surface area contributed by atoms with Crippen molar-refractivity contribution in [3.05, 3.63) is 106 Å². The van der Waals surface area contributed by atoms with E-state index < -0.39 is 16.8 Å². The van der Waals surface area contributed by atoms with Crippen LogP contribution in [0.25, 0.3) is 6.08 Å². The zero-order valence-corrected chi connectivity index (χ0v) is 15.5. The molecule has 0 unspecified atom stereocenters. The van der Waals surface area contributed by atoms with Crippen molar-refractivity contribution in [2.45, 2.75) is 0 Å². The Hall–Kier alpha value is -4.46. The van der Waals surface area contributed by atoms with Crippen LogP contribution < -0.4 is 10.1 Å². The minimum atomic E-state index is -1.32. The lowest BCUT2D eigenvalue weighted by molar-refractivity contribution is -0.385. The highest BCUT2D eigenvalue weighted by Crippen LogP contribution is 2.31. The fraction of sp³-hybridized carbons (Fsp3) is 0. The SMILES string of the molecule is O=C(O)/C(=C\c1cccc(Oc2ccccc2[N+](=O)[O-])c1)NC(=O)c1ccccc1. The summed E-state index contributed by atoms with van der Waals surface area (Å²) in [5, 5.41) is 22.9. The third-order valence-corrected chi connectivity index (χ3v) is 3.97. The minimum Gasteiger partial charge on any atom is -0.477 e.